The molecule has 0 amide bonds. The maximum absolute atomic E-state index is 13.0. The number of alkyl halides is 2. The van der Waals surface area contributed by atoms with Crippen LogP contribution in [0.5, 0.6) is 28.7 Å². The number of carbonyl (C=O) groups excluding carboxylic acids is 3. The predicted octanol–water partition coefficient (Wildman–Crippen LogP) is 37.5. The summed E-state index contributed by atoms with van der Waals surface area (Å²) in [5, 5.41) is 23.1. The predicted molar refractivity (Wildman–Crippen MR) is 613 cm³/mol. The summed E-state index contributed by atoms with van der Waals surface area (Å²) in [7, 11) is -9.15. The van der Waals surface area contributed by atoms with Crippen molar-refractivity contribution in [3.63, 3.8) is 0 Å². The monoisotopic (exact) mass is 2040 g/mol. The van der Waals surface area contributed by atoms with E-state index in [1.54, 1.807) is 38.5 Å². The molecule has 2 N–H and O–H groups in total. The SMILES string of the molecule is C.C.C.C.C.C.C.C.C.C.C.C.C.C.CCC(C)(C)C(=O)OC(C)(C)C.CCC(C)(C)C(=O)OC(C)c1ccc2ccccc2c1.CCC(C)(C)C(=O)OC1(C)CCCCC1.CCC(C)c1ccc(O)cc1.CCC(C)c1ccc(O)cc1.CCC(C)c1ccc(OS(=O)(=O)C(F)(F)S(=O)(=O)[O-])cc1.CCC(C)c1ccc2ccccc2c1.COc1cccc([S+](c2cccc(C)c2)c2cccc(OC)c2)c1. The van der Waals surface area contributed by atoms with Crippen molar-refractivity contribution in [2.45, 2.75) is 401 Å². The Kier molecular flexibility index (Phi) is 79.0. The molecule has 16 nitrogen and oxygen atoms in total. The molecule has 0 aliphatic heterocycles. The Morgan fingerprint density at radius 1 is 0.394 bits per heavy atom. The maximum atomic E-state index is 13.0. The highest BCUT2D eigenvalue weighted by Gasteiger charge is 2.55. The lowest BCUT2D eigenvalue weighted by Gasteiger charge is -2.36. The third-order valence-corrected chi connectivity index (χ3v) is 28.2. The number of aryl methyl sites for hydroxylation is 1. The Bertz CT molecular complexity index is 5170. The second-order valence-corrected chi connectivity index (χ2v) is 41.1. The summed E-state index contributed by atoms with van der Waals surface area (Å²) in [6, 6.07) is 75.0. The van der Waals surface area contributed by atoms with Gasteiger partial charge in [0.25, 0.3) is 0 Å². The van der Waals surface area contributed by atoms with E-state index in [9.17, 15) is 44.6 Å². The van der Waals surface area contributed by atoms with Crippen LogP contribution in [0, 0.1) is 23.2 Å². The zero-order valence-corrected chi connectivity index (χ0v) is 82.9. The number of carbonyl (C=O) groups is 3. The highest BCUT2D eigenvalue weighted by molar-refractivity contribution is 8.05. The minimum absolute atomic E-state index is 0. The highest BCUT2D eigenvalue weighted by Crippen LogP contribution is 2.39. The summed E-state index contributed by atoms with van der Waals surface area (Å²) < 4.78 is 105. The Morgan fingerprint density at radius 2 is 0.711 bits per heavy atom. The van der Waals surface area contributed by atoms with Gasteiger partial charge in [-0.15, -0.1) is 0 Å². The molecule has 0 heterocycles. The van der Waals surface area contributed by atoms with Crippen molar-refractivity contribution in [3.05, 3.63) is 264 Å². The second kappa shape index (κ2) is 72.5. The minimum atomic E-state index is -6.40. The summed E-state index contributed by atoms with van der Waals surface area (Å²) in [6.07, 6.45) is 12.2. The first-order valence-electron chi connectivity index (χ1n) is 44.6. The Labute approximate surface area is 871 Å². The molecule has 812 valence electrons. The first-order valence-corrected chi connectivity index (χ1v) is 48.7. The van der Waals surface area contributed by atoms with Gasteiger partial charge in [-0.25, -0.2) is 8.42 Å². The fourth-order valence-electron chi connectivity index (χ4n) is 12.3. The van der Waals surface area contributed by atoms with Gasteiger partial charge in [0.1, 0.15) is 46.1 Å². The van der Waals surface area contributed by atoms with Crippen LogP contribution in [0.3, 0.4) is 0 Å². The number of rotatable bonds is 26. The number of aromatic hydroxyl groups is 2. The fourth-order valence-corrected chi connectivity index (χ4v) is 16.1. The van der Waals surface area contributed by atoms with E-state index in [2.05, 4.69) is 175 Å². The van der Waals surface area contributed by atoms with E-state index in [4.69, 9.17) is 33.9 Å². The normalized spacial score (nSPS) is 12.4. The average molecular weight is 2050 g/mol. The number of fused-ring (bicyclic) bond motifs is 2. The molecule has 21 heteroatoms. The second-order valence-electron chi connectivity index (χ2n) is 35.8. The maximum Gasteiger partial charge on any atom is 0.470 e. The van der Waals surface area contributed by atoms with Crippen molar-refractivity contribution in [1.82, 2.24) is 0 Å². The van der Waals surface area contributed by atoms with Crippen molar-refractivity contribution < 1.29 is 82.6 Å². The van der Waals surface area contributed by atoms with Crippen LogP contribution in [-0.4, -0.2) is 79.5 Å². The number of phenols is 2. The van der Waals surface area contributed by atoms with Crippen LogP contribution in [0.2, 0.25) is 0 Å². The first-order chi connectivity index (χ1) is 59.9. The fraction of sp³-hybridized carbons (Fsp3) is 0.512. The summed E-state index contributed by atoms with van der Waals surface area (Å²) in [5.74, 6) is 3.66. The topological polar surface area (TPSA) is 238 Å². The molecule has 0 radical (unpaired) electrons. The van der Waals surface area contributed by atoms with Crippen molar-refractivity contribution in [2.75, 3.05) is 14.2 Å². The molecule has 10 aromatic carbocycles. The van der Waals surface area contributed by atoms with Crippen LogP contribution < -0.4 is 13.7 Å². The van der Waals surface area contributed by atoms with Gasteiger partial charge in [-0.3, -0.25) is 14.4 Å². The van der Waals surface area contributed by atoms with Gasteiger partial charge in [-0.2, -0.15) is 17.2 Å². The van der Waals surface area contributed by atoms with E-state index in [-0.39, 0.29) is 167 Å². The quantitative estimate of drug-likeness (QED) is 0.0168. The molecule has 10 aromatic rings. The Balaban J connectivity index is -0.000000153. The molecular weight excluding hydrogens is 1840 g/mol. The van der Waals surface area contributed by atoms with E-state index in [1.165, 1.54) is 96.3 Å². The zero-order chi connectivity index (χ0) is 96.2. The van der Waals surface area contributed by atoms with Crippen molar-refractivity contribution in [2.24, 2.45) is 16.2 Å². The van der Waals surface area contributed by atoms with Gasteiger partial charge >= 0.3 is 32.6 Å². The van der Waals surface area contributed by atoms with Gasteiger partial charge in [-0.05, 0) is 311 Å². The molecule has 0 bridgehead atoms. The molecule has 5 atom stereocenters. The Hall–Kier alpha value is -9.80. The van der Waals surface area contributed by atoms with E-state index in [0.29, 0.717) is 29.3 Å². The van der Waals surface area contributed by atoms with E-state index in [1.807, 2.05) is 171 Å². The van der Waals surface area contributed by atoms with Gasteiger partial charge < -0.3 is 42.6 Å². The third kappa shape index (κ3) is 50.1. The number of hydrogen-bond acceptors (Lipinski definition) is 16. The third-order valence-electron chi connectivity index (χ3n) is 23.2. The van der Waals surface area contributed by atoms with E-state index >= 15 is 0 Å². The standard InChI is InChI=1S/C21H21O2S.C18H22O2.C14H16.C13H24O2.C11H14F2O6S2.C10H20O2.2C10H14O.14CH4/c1-16-7-4-10-19(13-16)24(20-11-5-8-17(14-20)22-2)21-12-6-9-18(15-21)23-3;1-5-18(3,4)17(19)20-13(2)15-11-10-14-8-6-7-9-16(14)12-15;1-3-11(2)13-9-8-12-6-4-5-7-14(12)10-13;1-5-12(2,3)11(14)15-13(4)9-7-6-8-10-13;1-3-8(2)9-4-6-10(7-5-9)19-21(17,18)11(12,13)20(14,15)16;1-7-10(5,6)8(11)12-9(2,3)4;2*1-3-8(2)9-4-6-10(11)7-5-9;;;;;;;;;;;;;;/h4-15H,1-3H3;6-13H,5H2,1-4H3;4-11H,3H2,1-2H3;5-10H2,1-4H3;4-8H,3H2,1-2H3,(H,14,15,16);7H2,1-6H3;2*4-8,11H,3H2,1-2H3;14*1H4/q+1;;;;;;;;;;;;;;;;;;;;;/p-1. The molecule has 0 aromatic heterocycles. The van der Waals surface area contributed by atoms with Gasteiger partial charge in [0, 0.05) is 12.1 Å². The smallest absolute Gasteiger partial charge is 0.470 e. The van der Waals surface area contributed by atoms with Crippen molar-refractivity contribution in [1.29, 1.82) is 0 Å². The molecule has 0 saturated heterocycles. The van der Waals surface area contributed by atoms with E-state index in [0.717, 1.165) is 86.1 Å². The number of esters is 3. The van der Waals surface area contributed by atoms with Crippen molar-refractivity contribution in [3.8, 4) is 28.7 Å². The molecular formula is C121H200F2O16S3. The van der Waals surface area contributed by atoms with Gasteiger partial charge in [0.05, 0.1) is 41.4 Å². The van der Waals surface area contributed by atoms with Gasteiger partial charge in [0.15, 0.2) is 24.8 Å². The van der Waals surface area contributed by atoms with Gasteiger partial charge in [-0.1, -0.05) is 326 Å². The average Bonchev–Trinajstić information content (AvgIpc) is 0.745. The molecule has 142 heavy (non-hydrogen) atoms. The molecule has 1 aliphatic rings. The molecule has 1 fully saturated rings. The Morgan fingerprint density at radius 3 is 1.06 bits per heavy atom. The lowest BCUT2D eigenvalue weighted by molar-refractivity contribution is -0.172. The molecule has 5 unspecified atom stereocenters. The molecule has 1 aliphatic carbocycles. The lowest BCUT2D eigenvalue weighted by atomic mass is 9.85. The van der Waals surface area contributed by atoms with E-state index < -0.39 is 36.0 Å². The van der Waals surface area contributed by atoms with Crippen molar-refractivity contribution >= 4 is 70.6 Å². The highest BCUT2D eigenvalue weighted by atomic mass is 32.3. The summed E-state index contributed by atoms with van der Waals surface area (Å²) >= 11 is 0. The van der Waals surface area contributed by atoms with Gasteiger partial charge in [0.2, 0.25) is 0 Å². The molecule has 11 rings (SSSR count). The number of halogens is 2. The van der Waals surface area contributed by atoms with Crippen LogP contribution in [0.4, 0.5) is 8.78 Å². The summed E-state index contributed by atoms with van der Waals surface area (Å²) in [6.45, 7) is 46.4. The zero-order valence-electron chi connectivity index (χ0n) is 80.4. The molecule has 1 saturated carbocycles. The largest absolute Gasteiger partial charge is 0.742 e. The lowest BCUT2D eigenvalue weighted by Crippen LogP contribution is -2.40. The number of benzene rings is 10. The van der Waals surface area contributed by atoms with Crippen LogP contribution >= 0.6 is 0 Å². The van der Waals surface area contributed by atoms with Crippen LogP contribution in [0.15, 0.2) is 245 Å². The number of ether oxygens (including phenoxy) is 5. The minimum Gasteiger partial charge on any atom is -0.742 e. The first kappa shape index (κ1) is 155. The van der Waals surface area contributed by atoms with Crippen LogP contribution in [-0.2, 0) is 59.7 Å². The summed E-state index contributed by atoms with van der Waals surface area (Å²) in [5.41, 5.74) is 5.48. The van der Waals surface area contributed by atoms with Crippen LogP contribution in [0.1, 0.15) is 397 Å². The summed E-state index contributed by atoms with van der Waals surface area (Å²) in [4.78, 5) is 39.3. The molecule has 0 spiro atoms. The number of methoxy groups -OCH3 is 2. The van der Waals surface area contributed by atoms with Crippen LogP contribution in [0.25, 0.3) is 21.5 Å². The number of phenolic OH excluding ortho intramolecular Hbond substituents is 2. The number of hydrogen-bond donors (Lipinski definition) is 2.